The third-order valence-electron chi connectivity index (χ3n) is 4.63. The molecule has 1 aliphatic heterocycles. The Kier molecular flexibility index (Phi) is 8.03. The molecule has 0 aliphatic carbocycles. The molecule has 1 heterocycles. The Morgan fingerprint density at radius 3 is 2.78 bits per heavy atom. The van der Waals surface area contributed by atoms with Crippen LogP contribution >= 0.6 is 12.4 Å². The summed E-state index contributed by atoms with van der Waals surface area (Å²) in [4.78, 5) is 14.5. The molecule has 5 nitrogen and oxygen atoms in total. The smallest absolute Gasteiger partial charge is 0.225 e. The van der Waals surface area contributed by atoms with Crippen molar-refractivity contribution in [1.29, 1.82) is 0 Å². The fraction of sp³-hybridized carbons (Fsp3) is 0.350. The predicted molar refractivity (Wildman–Crippen MR) is 107 cm³/mol. The molecule has 2 aromatic carbocycles. The molecule has 0 aromatic heterocycles. The van der Waals surface area contributed by atoms with Crippen LogP contribution in [0.25, 0.3) is 0 Å². The van der Waals surface area contributed by atoms with E-state index in [2.05, 4.69) is 21.6 Å². The van der Waals surface area contributed by atoms with Crippen LogP contribution in [-0.4, -0.2) is 44.1 Å². The van der Waals surface area contributed by atoms with Gasteiger partial charge >= 0.3 is 0 Å². The van der Waals surface area contributed by atoms with Gasteiger partial charge in [0.15, 0.2) is 0 Å². The number of ether oxygens (including phenoxy) is 1. The van der Waals surface area contributed by atoms with Crippen LogP contribution in [0.1, 0.15) is 18.0 Å². The zero-order valence-corrected chi connectivity index (χ0v) is 16.1. The number of carbonyl (C=O) groups excluding carboxylic acids is 1. The molecule has 1 fully saturated rings. The molecule has 27 heavy (non-hydrogen) atoms. The Hall–Kier alpha value is -2.15. The molecule has 1 saturated heterocycles. The second-order valence-corrected chi connectivity index (χ2v) is 6.28. The average molecular weight is 394 g/mol. The lowest BCUT2D eigenvalue weighted by Gasteiger charge is -2.37. The monoisotopic (exact) mass is 393 g/mol. The number of hydrogen-bond donors (Lipinski definition) is 2. The summed E-state index contributed by atoms with van der Waals surface area (Å²) in [6, 6.07) is 14.3. The van der Waals surface area contributed by atoms with Gasteiger partial charge in [-0.25, -0.2) is 4.39 Å². The third kappa shape index (κ3) is 5.42. The lowest BCUT2D eigenvalue weighted by molar-refractivity contribution is -0.116. The molecule has 0 radical (unpaired) electrons. The number of piperazine rings is 1. The molecular formula is C20H25ClFN3O2. The van der Waals surface area contributed by atoms with Gasteiger partial charge in [-0.05, 0) is 18.2 Å². The molecule has 2 N–H and O–H groups in total. The van der Waals surface area contributed by atoms with E-state index >= 15 is 0 Å². The molecule has 0 saturated carbocycles. The summed E-state index contributed by atoms with van der Waals surface area (Å²) in [7, 11) is 1.67. The van der Waals surface area contributed by atoms with Crippen LogP contribution in [0.15, 0.2) is 48.5 Å². The first-order valence-corrected chi connectivity index (χ1v) is 8.81. The van der Waals surface area contributed by atoms with Crippen LogP contribution in [-0.2, 0) is 4.79 Å². The Balaban J connectivity index is 0.00000261. The Morgan fingerprint density at radius 2 is 2.00 bits per heavy atom. The summed E-state index contributed by atoms with van der Waals surface area (Å²) in [6.45, 7) is 3.12. The second-order valence-electron chi connectivity index (χ2n) is 6.28. The highest BCUT2D eigenvalue weighted by atomic mass is 35.5. The van der Waals surface area contributed by atoms with Crippen molar-refractivity contribution in [3.05, 3.63) is 59.9 Å². The number of rotatable bonds is 6. The topological polar surface area (TPSA) is 53.6 Å². The van der Waals surface area contributed by atoms with Gasteiger partial charge in [-0.1, -0.05) is 30.3 Å². The van der Waals surface area contributed by atoms with Crippen molar-refractivity contribution in [3.63, 3.8) is 0 Å². The third-order valence-corrected chi connectivity index (χ3v) is 4.63. The maximum Gasteiger partial charge on any atom is 0.225 e. The van der Waals surface area contributed by atoms with Crippen LogP contribution in [0.5, 0.6) is 5.75 Å². The van der Waals surface area contributed by atoms with Gasteiger partial charge in [0, 0.05) is 38.2 Å². The van der Waals surface area contributed by atoms with Gasteiger partial charge in [0.05, 0.1) is 18.8 Å². The summed E-state index contributed by atoms with van der Waals surface area (Å²) in [5, 5.41) is 6.05. The van der Waals surface area contributed by atoms with E-state index in [1.54, 1.807) is 25.3 Å². The van der Waals surface area contributed by atoms with Crippen LogP contribution in [0, 0.1) is 5.82 Å². The molecule has 2 aromatic rings. The van der Waals surface area contributed by atoms with Crippen molar-refractivity contribution in [2.24, 2.45) is 0 Å². The number of benzene rings is 2. The average Bonchev–Trinajstić information content (AvgIpc) is 2.68. The van der Waals surface area contributed by atoms with Crippen molar-refractivity contribution in [3.8, 4) is 5.75 Å². The number of anilines is 1. The molecule has 1 unspecified atom stereocenters. The fourth-order valence-electron chi connectivity index (χ4n) is 3.28. The molecule has 1 amide bonds. The number of methoxy groups -OCH3 is 1. The van der Waals surface area contributed by atoms with Crippen LogP contribution in [0.4, 0.5) is 10.1 Å². The van der Waals surface area contributed by atoms with Crippen molar-refractivity contribution in [2.45, 2.75) is 12.5 Å². The highest BCUT2D eigenvalue weighted by Gasteiger charge is 2.26. The highest BCUT2D eigenvalue weighted by molar-refractivity contribution is 5.90. The number of carbonyl (C=O) groups is 1. The first-order chi connectivity index (χ1) is 12.7. The number of hydrogen-bond acceptors (Lipinski definition) is 4. The van der Waals surface area contributed by atoms with Crippen molar-refractivity contribution >= 4 is 24.0 Å². The highest BCUT2D eigenvalue weighted by Crippen LogP contribution is 2.30. The first kappa shape index (κ1) is 21.2. The van der Waals surface area contributed by atoms with Crippen LogP contribution < -0.4 is 15.4 Å². The van der Waals surface area contributed by atoms with E-state index in [1.807, 2.05) is 18.2 Å². The zero-order chi connectivity index (χ0) is 18.4. The minimum Gasteiger partial charge on any atom is -0.496 e. The van der Waals surface area contributed by atoms with E-state index < -0.39 is 5.82 Å². The Labute approximate surface area is 165 Å². The van der Waals surface area contributed by atoms with Gasteiger partial charge in [-0.2, -0.15) is 0 Å². The van der Waals surface area contributed by atoms with E-state index in [0.717, 1.165) is 30.9 Å². The molecular weight excluding hydrogens is 369 g/mol. The quantitative estimate of drug-likeness (QED) is 0.791. The Bertz CT molecular complexity index is 760. The molecule has 1 atom stereocenters. The molecule has 146 valence electrons. The normalized spacial score (nSPS) is 17.0. The maximum atomic E-state index is 13.7. The number of amides is 1. The molecule has 7 heteroatoms. The minimum atomic E-state index is -0.421. The lowest BCUT2D eigenvalue weighted by atomic mass is 10.0. The summed E-state index contributed by atoms with van der Waals surface area (Å²) in [5.41, 5.74) is 1.33. The minimum absolute atomic E-state index is 0. The van der Waals surface area contributed by atoms with E-state index in [4.69, 9.17) is 4.74 Å². The fourth-order valence-corrected chi connectivity index (χ4v) is 3.28. The van der Waals surface area contributed by atoms with E-state index in [9.17, 15) is 9.18 Å². The van der Waals surface area contributed by atoms with Gasteiger partial charge in [0.25, 0.3) is 0 Å². The van der Waals surface area contributed by atoms with E-state index in [1.165, 1.54) is 6.07 Å². The second kappa shape index (κ2) is 10.3. The number of nitrogens with zero attached hydrogens (tertiary/aromatic N) is 1. The number of halogens is 2. The van der Waals surface area contributed by atoms with Crippen molar-refractivity contribution in [1.82, 2.24) is 10.2 Å². The molecule has 1 aliphatic rings. The van der Waals surface area contributed by atoms with E-state index in [0.29, 0.717) is 13.0 Å². The van der Waals surface area contributed by atoms with Gasteiger partial charge < -0.3 is 15.4 Å². The molecule has 0 bridgehead atoms. The zero-order valence-electron chi connectivity index (χ0n) is 15.3. The maximum absolute atomic E-state index is 13.7. The van der Waals surface area contributed by atoms with Gasteiger partial charge in [-0.15, -0.1) is 12.4 Å². The van der Waals surface area contributed by atoms with Crippen LogP contribution in [0.3, 0.4) is 0 Å². The van der Waals surface area contributed by atoms with Gasteiger partial charge in [0.2, 0.25) is 5.91 Å². The van der Waals surface area contributed by atoms with Gasteiger partial charge in [0.1, 0.15) is 11.6 Å². The number of nitrogens with one attached hydrogen (secondary N) is 2. The van der Waals surface area contributed by atoms with Crippen molar-refractivity contribution < 1.29 is 13.9 Å². The van der Waals surface area contributed by atoms with E-state index in [-0.39, 0.29) is 30.0 Å². The number of para-hydroxylation sites is 2. The SMILES string of the molecule is COc1ccccc1C1CNCCN1CCC(=O)Nc1ccccc1F.Cl. The van der Waals surface area contributed by atoms with Crippen molar-refractivity contribution in [2.75, 3.05) is 38.6 Å². The largest absolute Gasteiger partial charge is 0.496 e. The lowest BCUT2D eigenvalue weighted by Crippen LogP contribution is -2.46. The molecule has 3 rings (SSSR count). The summed E-state index contributed by atoms with van der Waals surface area (Å²) >= 11 is 0. The first-order valence-electron chi connectivity index (χ1n) is 8.81. The van der Waals surface area contributed by atoms with Gasteiger partial charge in [-0.3, -0.25) is 9.69 Å². The summed E-state index contributed by atoms with van der Waals surface area (Å²) in [6.07, 6.45) is 0.306. The Morgan fingerprint density at radius 1 is 1.26 bits per heavy atom. The summed E-state index contributed by atoms with van der Waals surface area (Å²) in [5.74, 6) is 0.240. The predicted octanol–water partition coefficient (Wildman–Crippen LogP) is 3.23. The standard InChI is InChI=1S/C20H24FN3O2.ClH/c1-26-19-9-5-2-6-15(19)18-14-22-11-13-24(18)12-10-20(25)23-17-8-4-3-7-16(17)21;/h2-9,18,22H,10-14H2,1H3,(H,23,25);1H. The summed E-state index contributed by atoms with van der Waals surface area (Å²) < 4.78 is 19.2. The molecule has 0 spiro atoms. The van der Waals surface area contributed by atoms with Crippen LogP contribution in [0.2, 0.25) is 0 Å².